The summed E-state index contributed by atoms with van der Waals surface area (Å²) in [6.45, 7) is 13.1. The monoisotopic (exact) mass is 220 g/mol. The summed E-state index contributed by atoms with van der Waals surface area (Å²) < 4.78 is 0. The fourth-order valence-electron chi connectivity index (χ4n) is 1.58. The molecule has 0 saturated heterocycles. The summed E-state index contributed by atoms with van der Waals surface area (Å²) in [5, 5.41) is 3.76. The fourth-order valence-corrected chi connectivity index (χ4v) is 1.85. The van der Waals surface area contributed by atoms with Crippen LogP contribution in [0.4, 0.5) is 0 Å². The maximum absolute atomic E-state index is 5.92. The molecule has 0 saturated carbocycles. The molecule has 0 aromatic carbocycles. The summed E-state index contributed by atoms with van der Waals surface area (Å²) >= 11 is 5.92. The van der Waals surface area contributed by atoms with Crippen LogP contribution in [-0.4, -0.2) is 42.5 Å². The smallest absolute Gasteiger partial charge is 0.0322 e. The van der Waals surface area contributed by atoms with Crippen LogP contribution in [0.25, 0.3) is 0 Å². The normalized spacial score (nSPS) is 15.9. The van der Waals surface area contributed by atoms with E-state index in [-0.39, 0.29) is 5.38 Å². The van der Waals surface area contributed by atoms with E-state index in [1.54, 1.807) is 0 Å². The van der Waals surface area contributed by atoms with Crippen molar-refractivity contribution in [1.82, 2.24) is 10.2 Å². The highest BCUT2D eigenvalue weighted by molar-refractivity contribution is 6.20. The quantitative estimate of drug-likeness (QED) is 0.632. The molecule has 0 aromatic rings. The second kappa shape index (κ2) is 8.51. The first kappa shape index (κ1) is 14.2. The summed E-state index contributed by atoms with van der Waals surface area (Å²) in [7, 11) is 0. The number of alkyl halides is 1. The van der Waals surface area contributed by atoms with Crippen molar-refractivity contribution >= 4 is 11.6 Å². The van der Waals surface area contributed by atoms with Gasteiger partial charge in [0.1, 0.15) is 0 Å². The molecular weight excluding hydrogens is 196 g/mol. The molecule has 0 bridgehead atoms. The van der Waals surface area contributed by atoms with E-state index in [0.717, 1.165) is 32.6 Å². The van der Waals surface area contributed by atoms with Gasteiger partial charge in [0.05, 0.1) is 0 Å². The van der Waals surface area contributed by atoms with Crippen LogP contribution >= 0.6 is 11.6 Å². The number of nitrogens with one attached hydrogen (secondary N) is 1. The SMILES string of the molecule is CCN(CC)CCNC(C)CC(C)Cl. The van der Waals surface area contributed by atoms with Crippen LogP contribution in [0.1, 0.15) is 34.1 Å². The van der Waals surface area contributed by atoms with Gasteiger partial charge in [-0.25, -0.2) is 0 Å². The lowest BCUT2D eigenvalue weighted by Gasteiger charge is -2.20. The largest absolute Gasteiger partial charge is 0.313 e. The lowest BCUT2D eigenvalue weighted by atomic mass is 10.2. The summed E-state index contributed by atoms with van der Waals surface area (Å²) in [6.07, 6.45) is 1.04. The van der Waals surface area contributed by atoms with Crippen molar-refractivity contribution in [3.05, 3.63) is 0 Å². The molecule has 0 heterocycles. The zero-order valence-electron chi connectivity index (χ0n) is 10.0. The molecule has 2 atom stereocenters. The number of likely N-dealkylation sites (N-methyl/N-ethyl adjacent to an activating group) is 1. The predicted molar refractivity (Wildman–Crippen MR) is 65.2 cm³/mol. The van der Waals surface area contributed by atoms with Crippen molar-refractivity contribution in [2.75, 3.05) is 26.2 Å². The highest BCUT2D eigenvalue weighted by Gasteiger charge is 2.05. The molecular formula is C11H25ClN2. The highest BCUT2D eigenvalue weighted by atomic mass is 35.5. The number of rotatable bonds is 8. The molecule has 14 heavy (non-hydrogen) atoms. The van der Waals surface area contributed by atoms with Crippen molar-refractivity contribution in [3.8, 4) is 0 Å². The number of hydrogen-bond donors (Lipinski definition) is 1. The Labute approximate surface area is 94.0 Å². The Morgan fingerprint density at radius 3 is 2.21 bits per heavy atom. The first-order valence-corrected chi connectivity index (χ1v) is 6.13. The van der Waals surface area contributed by atoms with Crippen molar-refractivity contribution in [2.45, 2.75) is 45.5 Å². The molecule has 0 aliphatic heterocycles. The van der Waals surface area contributed by atoms with Gasteiger partial charge in [0.2, 0.25) is 0 Å². The van der Waals surface area contributed by atoms with Crippen LogP contribution < -0.4 is 5.32 Å². The number of halogens is 1. The van der Waals surface area contributed by atoms with E-state index in [9.17, 15) is 0 Å². The van der Waals surface area contributed by atoms with Crippen LogP contribution in [0, 0.1) is 0 Å². The molecule has 0 radical (unpaired) electrons. The molecule has 86 valence electrons. The zero-order valence-corrected chi connectivity index (χ0v) is 10.8. The molecule has 1 N–H and O–H groups in total. The summed E-state index contributed by atoms with van der Waals surface area (Å²) in [4.78, 5) is 2.42. The Morgan fingerprint density at radius 2 is 1.79 bits per heavy atom. The predicted octanol–water partition coefficient (Wildman–Crippen LogP) is 2.32. The van der Waals surface area contributed by atoms with Gasteiger partial charge in [0.15, 0.2) is 0 Å². The highest BCUT2D eigenvalue weighted by Crippen LogP contribution is 2.03. The van der Waals surface area contributed by atoms with E-state index < -0.39 is 0 Å². The first-order chi connectivity index (χ1) is 6.60. The summed E-state index contributed by atoms with van der Waals surface area (Å²) in [5.41, 5.74) is 0. The van der Waals surface area contributed by atoms with Crippen LogP contribution in [0.2, 0.25) is 0 Å². The lowest BCUT2D eigenvalue weighted by Crippen LogP contribution is -2.36. The Bertz CT molecular complexity index is 124. The third kappa shape index (κ3) is 7.60. The molecule has 2 unspecified atom stereocenters. The Balaban J connectivity index is 3.42. The third-order valence-electron chi connectivity index (χ3n) is 2.49. The Hall–Kier alpha value is 0.210. The minimum Gasteiger partial charge on any atom is -0.313 e. The van der Waals surface area contributed by atoms with Crippen molar-refractivity contribution in [3.63, 3.8) is 0 Å². The zero-order chi connectivity index (χ0) is 11.0. The van der Waals surface area contributed by atoms with Gasteiger partial charge in [-0.2, -0.15) is 0 Å². The minimum absolute atomic E-state index is 0.269. The lowest BCUT2D eigenvalue weighted by molar-refractivity contribution is 0.296. The van der Waals surface area contributed by atoms with Gasteiger partial charge in [-0.15, -0.1) is 11.6 Å². The van der Waals surface area contributed by atoms with E-state index in [1.807, 2.05) is 6.92 Å². The molecule has 3 heteroatoms. The van der Waals surface area contributed by atoms with E-state index in [1.165, 1.54) is 0 Å². The average molecular weight is 221 g/mol. The molecule has 0 fully saturated rings. The maximum Gasteiger partial charge on any atom is 0.0322 e. The van der Waals surface area contributed by atoms with Crippen LogP contribution in [0.3, 0.4) is 0 Å². The number of hydrogen-bond acceptors (Lipinski definition) is 2. The molecule has 0 spiro atoms. The van der Waals surface area contributed by atoms with E-state index in [0.29, 0.717) is 6.04 Å². The minimum atomic E-state index is 0.269. The van der Waals surface area contributed by atoms with Crippen LogP contribution in [0.15, 0.2) is 0 Å². The van der Waals surface area contributed by atoms with Crippen molar-refractivity contribution < 1.29 is 0 Å². The summed E-state index contributed by atoms with van der Waals surface area (Å²) in [6, 6.07) is 0.526. The van der Waals surface area contributed by atoms with Gasteiger partial charge < -0.3 is 10.2 Å². The third-order valence-corrected chi connectivity index (χ3v) is 2.67. The van der Waals surface area contributed by atoms with Gasteiger partial charge in [0.25, 0.3) is 0 Å². The molecule has 0 aliphatic rings. The first-order valence-electron chi connectivity index (χ1n) is 5.69. The van der Waals surface area contributed by atoms with E-state index in [2.05, 4.69) is 31.0 Å². The fraction of sp³-hybridized carbons (Fsp3) is 1.00. The van der Waals surface area contributed by atoms with Crippen molar-refractivity contribution in [1.29, 1.82) is 0 Å². The van der Waals surface area contributed by atoms with Gasteiger partial charge in [-0.3, -0.25) is 0 Å². The standard InChI is InChI=1S/C11H25ClN2/c1-5-14(6-2)8-7-13-11(4)9-10(3)12/h10-11,13H,5-9H2,1-4H3. The Kier molecular flexibility index (Phi) is 8.64. The summed E-state index contributed by atoms with van der Waals surface area (Å²) in [5.74, 6) is 0. The van der Waals surface area contributed by atoms with Gasteiger partial charge in [-0.1, -0.05) is 13.8 Å². The molecule has 0 rings (SSSR count). The van der Waals surface area contributed by atoms with Crippen molar-refractivity contribution in [2.24, 2.45) is 0 Å². The topological polar surface area (TPSA) is 15.3 Å². The van der Waals surface area contributed by atoms with Gasteiger partial charge in [-0.05, 0) is 33.4 Å². The molecule has 0 aromatic heterocycles. The average Bonchev–Trinajstić information content (AvgIpc) is 2.11. The van der Waals surface area contributed by atoms with Crippen LogP contribution in [-0.2, 0) is 0 Å². The van der Waals surface area contributed by atoms with Crippen LogP contribution in [0.5, 0.6) is 0 Å². The molecule has 0 amide bonds. The maximum atomic E-state index is 5.92. The second-order valence-corrected chi connectivity index (χ2v) is 4.64. The van der Waals surface area contributed by atoms with E-state index in [4.69, 9.17) is 11.6 Å². The molecule has 0 aliphatic carbocycles. The van der Waals surface area contributed by atoms with Gasteiger partial charge >= 0.3 is 0 Å². The van der Waals surface area contributed by atoms with Gasteiger partial charge in [0, 0.05) is 24.5 Å². The molecule has 2 nitrogen and oxygen atoms in total. The van der Waals surface area contributed by atoms with E-state index >= 15 is 0 Å². The Morgan fingerprint density at radius 1 is 1.21 bits per heavy atom. The second-order valence-electron chi connectivity index (χ2n) is 3.90. The number of nitrogens with zero attached hydrogens (tertiary/aromatic N) is 1.